The van der Waals surface area contributed by atoms with Crippen molar-refractivity contribution >= 4 is 0 Å². The Kier molecular flexibility index (Phi) is 3.95. The Morgan fingerprint density at radius 1 is 1.17 bits per heavy atom. The molecule has 0 radical (unpaired) electrons. The van der Waals surface area contributed by atoms with E-state index >= 15 is 0 Å². The highest BCUT2D eigenvalue weighted by atomic mass is 16.5. The lowest BCUT2D eigenvalue weighted by atomic mass is 9.95. The maximum absolute atomic E-state index is 5.87. The van der Waals surface area contributed by atoms with Crippen LogP contribution in [0.15, 0.2) is 42.6 Å². The molecule has 94 valence electrons. The van der Waals surface area contributed by atoms with Crippen LogP contribution >= 0.6 is 0 Å². The first-order chi connectivity index (χ1) is 8.74. The predicted octanol–water partition coefficient (Wildman–Crippen LogP) is 2.49. The molecule has 0 aliphatic carbocycles. The lowest BCUT2D eigenvalue weighted by Gasteiger charge is -2.15. The van der Waals surface area contributed by atoms with Crippen LogP contribution in [0, 0.1) is 6.92 Å². The van der Waals surface area contributed by atoms with Gasteiger partial charge in [-0.25, -0.2) is 0 Å². The van der Waals surface area contributed by atoms with Crippen LogP contribution in [0.1, 0.15) is 22.7 Å². The summed E-state index contributed by atoms with van der Waals surface area (Å²) in [5, 5.41) is 0. The molecule has 3 heteroatoms. The Balaban J connectivity index is 2.29. The van der Waals surface area contributed by atoms with Crippen LogP contribution in [0.2, 0.25) is 0 Å². The van der Waals surface area contributed by atoms with E-state index in [1.165, 1.54) is 0 Å². The van der Waals surface area contributed by atoms with Gasteiger partial charge >= 0.3 is 0 Å². The molecule has 1 aromatic carbocycles. The van der Waals surface area contributed by atoms with E-state index in [0.29, 0.717) is 6.54 Å². The molecule has 0 aliphatic heterocycles. The molecule has 0 aliphatic rings. The van der Waals surface area contributed by atoms with E-state index in [1.807, 2.05) is 43.5 Å². The molecule has 0 spiro atoms. The fraction of sp³-hybridized carbons (Fsp3) is 0.267. The average Bonchev–Trinajstić information content (AvgIpc) is 2.42. The van der Waals surface area contributed by atoms with Gasteiger partial charge < -0.3 is 10.5 Å². The van der Waals surface area contributed by atoms with E-state index in [1.54, 1.807) is 7.11 Å². The van der Waals surface area contributed by atoms with E-state index in [2.05, 4.69) is 11.1 Å². The van der Waals surface area contributed by atoms with Crippen LogP contribution in [-0.4, -0.2) is 18.6 Å². The quantitative estimate of drug-likeness (QED) is 0.896. The Hall–Kier alpha value is -1.87. The van der Waals surface area contributed by atoms with Crippen LogP contribution in [0.25, 0.3) is 0 Å². The van der Waals surface area contributed by atoms with Gasteiger partial charge in [0.2, 0.25) is 0 Å². The molecule has 1 aromatic heterocycles. The summed E-state index contributed by atoms with van der Waals surface area (Å²) >= 11 is 0. The lowest BCUT2D eigenvalue weighted by molar-refractivity contribution is 0.414. The van der Waals surface area contributed by atoms with Crippen molar-refractivity contribution in [2.24, 2.45) is 5.73 Å². The third-order valence-corrected chi connectivity index (χ3v) is 3.05. The Labute approximate surface area is 108 Å². The lowest BCUT2D eigenvalue weighted by Crippen LogP contribution is -2.15. The highest BCUT2D eigenvalue weighted by molar-refractivity contribution is 5.34. The highest BCUT2D eigenvalue weighted by Gasteiger charge is 2.13. The normalized spacial score (nSPS) is 12.2. The van der Waals surface area contributed by atoms with Gasteiger partial charge in [0.1, 0.15) is 5.75 Å². The average molecular weight is 242 g/mol. The number of rotatable bonds is 4. The second-order valence-corrected chi connectivity index (χ2v) is 4.32. The van der Waals surface area contributed by atoms with Crippen molar-refractivity contribution in [3.8, 4) is 5.75 Å². The minimum absolute atomic E-state index is 0.136. The third-order valence-electron chi connectivity index (χ3n) is 3.05. The zero-order valence-electron chi connectivity index (χ0n) is 10.8. The maximum atomic E-state index is 5.87. The van der Waals surface area contributed by atoms with Crippen LogP contribution in [0.5, 0.6) is 5.75 Å². The molecule has 1 heterocycles. The maximum Gasteiger partial charge on any atom is 0.118 e. The first-order valence-electron chi connectivity index (χ1n) is 6.01. The van der Waals surface area contributed by atoms with E-state index in [9.17, 15) is 0 Å². The van der Waals surface area contributed by atoms with Crippen LogP contribution in [-0.2, 0) is 0 Å². The van der Waals surface area contributed by atoms with Crippen LogP contribution in [0.3, 0.4) is 0 Å². The second kappa shape index (κ2) is 5.65. The molecular weight excluding hydrogens is 224 g/mol. The largest absolute Gasteiger partial charge is 0.497 e. The fourth-order valence-electron chi connectivity index (χ4n) is 1.95. The van der Waals surface area contributed by atoms with Crippen molar-refractivity contribution < 1.29 is 4.74 Å². The topological polar surface area (TPSA) is 48.1 Å². The molecule has 18 heavy (non-hydrogen) atoms. The fourth-order valence-corrected chi connectivity index (χ4v) is 1.95. The number of nitrogens with zero attached hydrogens (tertiary/aromatic N) is 1. The van der Waals surface area contributed by atoms with Gasteiger partial charge in [-0.15, -0.1) is 0 Å². The standard InChI is InChI=1S/C15H18N2O/c1-11-3-8-15(17-10-11)14(9-16)12-4-6-13(18-2)7-5-12/h3-8,10,14H,9,16H2,1-2H3/t14-/m0/s1. The van der Waals surface area contributed by atoms with E-state index in [4.69, 9.17) is 10.5 Å². The van der Waals surface area contributed by atoms with Crippen LogP contribution < -0.4 is 10.5 Å². The number of aromatic nitrogens is 1. The number of ether oxygens (including phenoxy) is 1. The molecule has 0 fully saturated rings. The second-order valence-electron chi connectivity index (χ2n) is 4.32. The van der Waals surface area contributed by atoms with E-state index < -0.39 is 0 Å². The third kappa shape index (κ3) is 2.68. The van der Waals surface area contributed by atoms with Crippen molar-refractivity contribution in [2.45, 2.75) is 12.8 Å². The van der Waals surface area contributed by atoms with Gasteiger partial charge in [-0.3, -0.25) is 4.98 Å². The smallest absolute Gasteiger partial charge is 0.118 e. The van der Waals surface area contributed by atoms with Crippen molar-refractivity contribution in [1.82, 2.24) is 4.98 Å². The predicted molar refractivity (Wildman–Crippen MR) is 72.9 cm³/mol. The zero-order chi connectivity index (χ0) is 13.0. The summed E-state index contributed by atoms with van der Waals surface area (Å²) in [5.74, 6) is 0.989. The van der Waals surface area contributed by atoms with Crippen molar-refractivity contribution in [1.29, 1.82) is 0 Å². The summed E-state index contributed by atoms with van der Waals surface area (Å²) in [6.07, 6.45) is 1.88. The summed E-state index contributed by atoms with van der Waals surface area (Å²) in [6, 6.07) is 12.1. The molecular formula is C15H18N2O. The van der Waals surface area contributed by atoms with Crippen molar-refractivity contribution in [3.63, 3.8) is 0 Å². The Morgan fingerprint density at radius 3 is 2.39 bits per heavy atom. The molecule has 0 bridgehead atoms. The minimum atomic E-state index is 0.136. The highest BCUT2D eigenvalue weighted by Crippen LogP contribution is 2.24. The van der Waals surface area contributed by atoms with E-state index in [0.717, 1.165) is 22.6 Å². The van der Waals surface area contributed by atoms with Crippen molar-refractivity contribution in [2.75, 3.05) is 13.7 Å². The monoisotopic (exact) mass is 242 g/mol. The zero-order valence-corrected chi connectivity index (χ0v) is 10.8. The first kappa shape index (κ1) is 12.6. The van der Waals surface area contributed by atoms with Gasteiger partial charge in [-0.05, 0) is 36.2 Å². The summed E-state index contributed by atoms with van der Waals surface area (Å²) in [6.45, 7) is 2.57. The van der Waals surface area contributed by atoms with Crippen molar-refractivity contribution in [3.05, 3.63) is 59.4 Å². The number of nitrogens with two attached hydrogens (primary N) is 1. The number of hydrogen-bond acceptors (Lipinski definition) is 3. The molecule has 0 saturated heterocycles. The van der Waals surface area contributed by atoms with Crippen LogP contribution in [0.4, 0.5) is 0 Å². The molecule has 0 amide bonds. The Morgan fingerprint density at radius 2 is 1.89 bits per heavy atom. The number of benzene rings is 1. The van der Waals surface area contributed by atoms with Gasteiger partial charge in [0, 0.05) is 24.4 Å². The molecule has 0 saturated carbocycles. The number of methoxy groups -OCH3 is 1. The first-order valence-corrected chi connectivity index (χ1v) is 6.01. The molecule has 3 nitrogen and oxygen atoms in total. The molecule has 0 unspecified atom stereocenters. The molecule has 2 rings (SSSR count). The summed E-state index contributed by atoms with van der Waals surface area (Å²) < 4.78 is 5.16. The van der Waals surface area contributed by atoms with Gasteiger partial charge in [0.25, 0.3) is 0 Å². The summed E-state index contributed by atoms with van der Waals surface area (Å²) in [5.41, 5.74) is 9.20. The SMILES string of the molecule is COc1ccc([C@H](CN)c2ccc(C)cn2)cc1. The summed E-state index contributed by atoms with van der Waals surface area (Å²) in [7, 11) is 1.66. The molecule has 2 aromatic rings. The minimum Gasteiger partial charge on any atom is -0.497 e. The number of pyridine rings is 1. The number of aryl methyl sites for hydroxylation is 1. The Bertz CT molecular complexity index is 491. The van der Waals surface area contributed by atoms with Gasteiger partial charge in [-0.2, -0.15) is 0 Å². The van der Waals surface area contributed by atoms with Gasteiger partial charge in [-0.1, -0.05) is 18.2 Å². The van der Waals surface area contributed by atoms with E-state index in [-0.39, 0.29) is 5.92 Å². The van der Waals surface area contributed by atoms with Gasteiger partial charge in [0.05, 0.1) is 7.11 Å². The molecule has 2 N–H and O–H groups in total. The summed E-state index contributed by atoms with van der Waals surface area (Å²) in [4.78, 5) is 4.46. The van der Waals surface area contributed by atoms with Gasteiger partial charge in [0.15, 0.2) is 0 Å². The molecule has 1 atom stereocenters. The number of hydrogen-bond donors (Lipinski definition) is 1.